The van der Waals surface area contributed by atoms with E-state index < -0.39 is 0 Å². The molecule has 4 nitrogen and oxygen atoms in total. The molecule has 1 heterocycles. The number of methoxy groups -OCH3 is 1. The molecule has 1 fully saturated rings. The Balaban J connectivity index is 2.22. The van der Waals surface area contributed by atoms with Crippen molar-refractivity contribution >= 4 is 11.7 Å². The van der Waals surface area contributed by atoms with Crippen molar-refractivity contribution in [1.82, 2.24) is 0 Å². The lowest BCUT2D eigenvalue weighted by Crippen LogP contribution is -1.97. The molecule has 72 valence electrons. The zero-order valence-electron chi connectivity index (χ0n) is 7.66. The van der Waals surface area contributed by atoms with E-state index >= 15 is 0 Å². The van der Waals surface area contributed by atoms with Crippen molar-refractivity contribution in [3.8, 4) is 0 Å². The Bertz CT molecular complexity index is 225. The van der Waals surface area contributed by atoms with Gasteiger partial charge in [-0.1, -0.05) is 6.08 Å². The van der Waals surface area contributed by atoms with Gasteiger partial charge in [0.2, 0.25) is 0 Å². The van der Waals surface area contributed by atoms with Gasteiger partial charge in [-0.3, -0.25) is 4.99 Å². The van der Waals surface area contributed by atoms with Crippen LogP contribution in [-0.2, 0) is 14.3 Å². The van der Waals surface area contributed by atoms with E-state index in [1.54, 1.807) is 6.08 Å². The van der Waals surface area contributed by atoms with E-state index in [2.05, 4.69) is 9.73 Å². The maximum Gasteiger partial charge on any atom is 0.330 e. The van der Waals surface area contributed by atoms with E-state index in [1.807, 2.05) is 0 Å². The topological polar surface area (TPSA) is 47.9 Å². The van der Waals surface area contributed by atoms with Gasteiger partial charge < -0.3 is 9.47 Å². The van der Waals surface area contributed by atoms with E-state index in [0.717, 1.165) is 18.7 Å². The highest BCUT2D eigenvalue weighted by atomic mass is 16.5. The van der Waals surface area contributed by atoms with E-state index in [1.165, 1.54) is 13.2 Å². The van der Waals surface area contributed by atoms with E-state index in [4.69, 9.17) is 4.74 Å². The monoisotopic (exact) mass is 183 g/mol. The molecule has 4 heteroatoms. The molecule has 0 aliphatic carbocycles. The van der Waals surface area contributed by atoms with Crippen molar-refractivity contribution in [3.63, 3.8) is 0 Å². The SMILES string of the molecule is COC(=O)/C=C/C/N=C1/CCOC1. The summed E-state index contributed by atoms with van der Waals surface area (Å²) in [5, 5.41) is 0. The summed E-state index contributed by atoms with van der Waals surface area (Å²) < 4.78 is 9.53. The first-order valence-electron chi connectivity index (χ1n) is 4.17. The molecule has 0 aromatic rings. The van der Waals surface area contributed by atoms with Crippen LogP contribution in [0.15, 0.2) is 17.1 Å². The number of nitrogens with zero attached hydrogens (tertiary/aromatic N) is 1. The predicted octanol–water partition coefficient (Wildman–Crippen LogP) is 0.577. The van der Waals surface area contributed by atoms with Gasteiger partial charge in [0.05, 0.1) is 26.9 Å². The molecular formula is C9H13NO3. The van der Waals surface area contributed by atoms with Crippen LogP contribution in [0.1, 0.15) is 6.42 Å². The third kappa shape index (κ3) is 3.85. The van der Waals surface area contributed by atoms with Crippen LogP contribution in [0.2, 0.25) is 0 Å². The molecule has 0 atom stereocenters. The normalized spacial score (nSPS) is 19.9. The first-order valence-corrected chi connectivity index (χ1v) is 4.17. The van der Waals surface area contributed by atoms with Crippen LogP contribution in [0.3, 0.4) is 0 Å². The highest BCUT2D eigenvalue weighted by Crippen LogP contribution is 1.99. The number of hydrogen-bond donors (Lipinski definition) is 0. The first-order chi connectivity index (χ1) is 6.33. The quantitative estimate of drug-likeness (QED) is 0.475. The van der Waals surface area contributed by atoms with Crippen molar-refractivity contribution in [3.05, 3.63) is 12.2 Å². The summed E-state index contributed by atoms with van der Waals surface area (Å²) in [5.41, 5.74) is 1.06. The number of ether oxygens (including phenoxy) is 2. The number of hydrogen-bond acceptors (Lipinski definition) is 4. The molecule has 1 rings (SSSR count). The second-order valence-electron chi connectivity index (χ2n) is 2.64. The van der Waals surface area contributed by atoms with Crippen LogP contribution in [0.25, 0.3) is 0 Å². The number of rotatable bonds is 3. The Morgan fingerprint density at radius 2 is 2.62 bits per heavy atom. The van der Waals surface area contributed by atoms with Crippen LogP contribution in [0.4, 0.5) is 0 Å². The molecule has 0 unspecified atom stereocenters. The Kier molecular flexibility index (Phi) is 4.18. The summed E-state index contributed by atoms with van der Waals surface area (Å²) in [6.45, 7) is 1.92. The minimum absolute atomic E-state index is 0.345. The highest BCUT2D eigenvalue weighted by Gasteiger charge is 2.06. The number of aliphatic imine (C=N–C) groups is 1. The summed E-state index contributed by atoms with van der Waals surface area (Å²) >= 11 is 0. The second kappa shape index (κ2) is 5.48. The van der Waals surface area contributed by atoms with Crippen LogP contribution in [0.5, 0.6) is 0 Å². The molecule has 13 heavy (non-hydrogen) atoms. The van der Waals surface area contributed by atoms with Gasteiger partial charge >= 0.3 is 5.97 Å². The average Bonchev–Trinajstić information content (AvgIpc) is 2.64. The average molecular weight is 183 g/mol. The summed E-state index contributed by atoms with van der Waals surface area (Å²) in [7, 11) is 1.35. The molecule has 0 saturated carbocycles. The fourth-order valence-corrected chi connectivity index (χ4v) is 0.976. The molecule has 1 aliphatic heterocycles. The molecule has 0 N–H and O–H groups in total. The van der Waals surface area contributed by atoms with E-state index in [-0.39, 0.29) is 5.97 Å². The Morgan fingerprint density at radius 3 is 3.23 bits per heavy atom. The second-order valence-corrected chi connectivity index (χ2v) is 2.64. The van der Waals surface area contributed by atoms with Gasteiger partial charge in [-0.2, -0.15) is 0 Å². The minimum Gasteiger partial charge on any atom is -0.466 e. The molecule has 0 radical (unpaired) electrons. The van der Waals surface area contributed by atoms with Crippen molar-refractivity contribution in [2.75, 3.05) is 26.9 Å². The molecule has 0 bridgehead atoms. The Morgan fingerprint density at radius 1 is 1.77 bits per heavy atom. The highest BCUT2D eigenvalue weighted by molar-refractivity contribution is 5.87. The van der Waals surface area contributed by atoms with Gasteiger partial charge in [-0.05, 0) is 0 Å². The molecule has 0 amide bonds. The van der Waals surface area contributed by atoms with Crippen LogP contribution in [-0.4, -0.2) is 38.5 Å². The standard InChI is InChI=1S/C9H13NO3/c1-12-9(11)3-2-5-10-8-4-6-13-7-8/h2-3H,4-7H2,1H3/b3-2+,10-8-. The minimum atomic E-state index is -0.345. The first kappa shape index (κ1) is 9.92. The van der Waals surface area contributed by atoms with Gasteiger partial charge in [-0.25, -0.2) is 4.79 Å². The van der Waals surface area contributed by atoms with E-state index in [0.29, 0.717) is 13.2 Å². The van der Waals surface area contributed by atoms with Crippen molar-refractivity contribution in [2.24, 2.45) is 4.99 Å². The lowest BCUT2D eigenvalue weighted by molar-refractivity contribution is -0.134. The lowest BCUT2D eigenvalue weighted by atomic mass is 10.3. The fourth-order valence-electron chi connectivity index (χ4n) is 0.976. The van der Waals surface area contributed by atoms with Crippen LogP contribution in [0, 0.1) is 0 Å². The summed E-state index contributed by atoms with van der Waals surface area (Å²) in [4.78, 5) is 14.9. The maximum absolute atomic E-state index is 10.6. The summed E-state index contributed by atoms with van der Waals surface area (Å²) in [6, 6.07) is 0. The Labute approximate surface area is 77.2 Å². The van der Waals surface area contributed by atoms with E-state index in [9.17, 15) is 4.79 Å². The summed E-state index contributed by atoms with van der Waals surface area (Å²) in [6.07, 6.45) is 3.96. The lowest BCUT2D eigenvalue weighted by Gasteiger charge is -1.91. The van der Waals surface area contributed by atoms with Gasteiger partial charge in [0.25, 0.3) is 0 Å². The fraction of sp³-hybridized carbons (Fsp3) is 0.556. The zero-order valence-corrected chi connectivity index (χ0v) is 7.66. The van der Waals surface area contributed by atoms with Gasteiger partial charge in [-0.15, -0.1) is 0 Å². The molecule has 1 saturated heterocycles. The van der Waals surface area contributed by atoms with Crippen LogP contribution >= 0.6 is 0 Å². The molecular weight excluding hydrogens is 170 g/mol. The van der Waals surface area contributed by atoms with Crippen molar-refractivity contribution in [1.29, 1.82) is 0 Å². The third-order valence-corrected chi connectivity index (χ3v) is 1.68. The van der Waals surface area contributed by atoms with Gasteiger partial charge in [0.1, 0.15) is 0 Å². The van der Waals surface area contributed by atoms with Gasteiger partial charge in [0, 0.05) is 18.2 Å². The Hall–Kier alpha value is -1.16. The van der Waals surface area contributed by atoms with Crippen LogP contribution < -0.4 is 0 Å². The zero-order chi connectivity index (χ0) is 9.52. The molecule has 1 aliphatic rings. The van der Waals surface area contributed by atoms with Crippen molar-refractivity contribution < 1.29 is 14.3 Å². The third-order valence-electron chi connectivity index (χ3n) is 1.68. The number of carbonyl (C=O) groups is 1. The molecule has 0 spiro atoms. The van der Waals surface area contributed by atoms with Crippen molar-refractivity contribution in [2.45, 2.75) is 6.42 Å². The molecule has 0 aromatic heterocycles. The maximum atomic E-state index is 10.6. The smallest absolute Gasteiger partial charge is 0.330 e. The number of carbonyl (C=O) groups excluding carboxylic acids is 1. The number of esters is 1. The van der Waals surface area contributed by atoms with Gasteiger partial charge in [0.15, 0.2) is 0 Å². The largest absolute Gasteiger partial charge is 0.466 e. The predicted molar refractivity (Wildman–Crippen MR) is 48.9 cm³/mol. The molecule has 0 aromatic carbocycles. The summed E-state index contributed by atoms with van der Waals surface area (Å²) in [5.74, 6) is -0.345.